The van der Waals surface area contributed by atoms with Crippen molar-refractivity contribution in [3.05, 3.63) is 22.7 Å². The van der Waals surface area contributed by atoms with E-state index in [4.69, 9.17) is 10.5 Å². The minimum Gasteiger partial charge on any atom is -0.381 e. The van der Waals surface area contributed by atoms with Crippen LogP contribution in [-0.2, 0) is 11.3 Å². The highest BCUT2D eigenvalue weighted by atomic mass is 16.5. The molecule has 1 aromatic rings. The number of aromatic nitrogens is 2. The number of ether oxygens (including phenoxy) is 1. The Kier molecular flexibility index (Phi) is 4.55. The van der Waals surface area contributed by atoms with Crippen molar-refractivity contribution in [3.63, 3.8) is 0 Å². The third kappa shape index (κ3) is 3.13. The van der Waals surface area contributed by atoms with Gasteiger partial charge in [-0.2, -0.15) is 0 Å². The molecule has 106 valence electrons. The first-order chi connectivity index (χ1) is 9.21. The number of rotatable bonds is 5. The second kappa shape index (κ2) is 6.16. The molecule has 2 heterocycles. The van der Waals surface area contributed by atoms with Crippen molar-refractivity contribution in [3.8, 4) is 0 Å². The summed E-state index contributed by atoms with van der Waals surface area (Å²) in [5.41, 5.74) is 5.53. The second-order valence-corrected chi connectivity index (χ2v) is 5.00. The first kappa shape index (κ1) is 14.0. The standard InChI is InChI=1S/C13H22N4O2/c1-2-6-17-7-5-15-11(12(17)18)16-13(10-14)3-8-19-9-4-13/h5,7H,2-4,6,8-10,14H2,1H3,(H,15,16). The van der Waals surface area contributed by atoms with Crippen molar-refractivity contribution in [2.75, 3.05) is 25.1 Å². The van der Waals surface area contributed by atoms with Crippen LogP contribution >= 0.6 is 0 Å². The third-order valence-electron chi connectivity index (χ3n) is 3.60. The normalized spacial score (nSPS) is 18.2. The van der Waals surface area contributed by atoms with Crippen LogP contribution in [0.15, 0.2) is 17.2 Å². The zero-order valence-electron chi connectivity index (χ0n) is 11.4. The van der Waals surface area contributed by atoms with Crippen molar-refractivity contribution in [2.45, 2.75) is 38.3 Å². The molecule has 0 unspecified atom stereocenters. The zero-order chi connectivity index (χ0) is 13.7. The average Bonchev–Trinajstić information content (AvgIpc) is 2.45. The third-order valence-corrected chi connectivity index (χ3v) is 3.60. The molecule has 1 aliphatic heterocycles. The summed E-state index contributed by atoms with van der Waals surface area (Å²) in [5.74, 6) is 0.392. The Balaban J connectivity index is 2.22. The van der Waals surface area contributed by atoms with Gasteiger partial charge in [0.2, 0.25) is 0 Å². The Morgan fingerprint density at radius 3 is 2.89 bits per heavy atom. The molecule has 0 amide bonds. The van der Waals surface area contributed by atoms with Gasteiger partial charge in [0.25, 0.3) is 5.56 Å². The first-order valence-corrected chi connectivity index (χ1v) is 6.82. The maximum absolute atomic E-state index is 12.3. The molecule has 0 spiro atoms. The summed E-state index contributed by atoms with van der Waals surface area (Å²) < 4.78 is 7.04. The molecule has 0 saturated carbocycles. The largest absolute Gasteiger partial charge is 0.381 e. The van der Waals surface area contributed by atoms with Crippen LogP contribution in [-0.4, -0.2) is 34.8 Å². The smallest absolute Gasteiger partial charge is 0.293 e. The van der Waals surface area contributed by atoms with Crippen molar-refractivity contribution >= 4 is 5.82 Å². The second-order valence-electron chi connectivity index (χ2n) is 5.00. The van der Waals surface area contributed by atoms with Crippen LogP contribution in [0.4, 0.5) is 5.82 Å². The highest BCUT2D eigenvalue weighted by Crippen LogP contribution is 2.22. The molecule has 0 radical (unpaired) electrons. The number of nitrogens with one attached hydrogen (secondary N) is 1. The molecule has 2 rings (SSSR count). The number of anilines is 1. The number of hydrogen-bond acceptors (Lipinski definition) is 5. The molecule has 1 saturated heterocycles. The van der Waals surface area contributed by atoms with E-state index >= 15 is 0 Å². The van der Waals surface area contributed by atoms with Gasteiger partial charge in [-0.1, -0.05) is 6.92 Å². The van der Waals surface area contributed by atoms with E-state index in [1.165, 1.54) is 0 Å². The molecule has 0 aliphatic carbocycles. The fourth-order valence-electron chi connectivity index (χ4n) is 2.34. The lowest BCUT2D eigenvalue weighted by molar-refractivity contribution is 0.0626. The molecule has 0 atom stereocenters. The van der Waals surface area contributed by atoms with E-state index in [1.807, 2.05) is 6.92 Å². The Morgan fingerprint density at radius 2 is 2.26 bits per heavy atom. The number of nitrogens with two attached hydrogens (primary N) is 1. The molecule has 6 heteroatoms. The summed E-state index contributed by atoms with van der Waals surface area (Å²) in [4.78, 5) is 16.4. The Labute approximate surface area is 113 Å². The molecule has 1 fully saturated rings. The summed E-state index contributed by atoms with van der Waals surface area (Å²) in [6.45, 7) is 4.55. The van der Waals surface area contributed by atoms with E-state index in [0.29, 0.717) is 32.1 Å². The van der Waals surface area contributed by atoms with Gasteiger partial charge in [-0.15, -0.1) is 0 Å². The highest BCUT2D eigenvalue weighted by Gasteiger charge is 2.32. The lowest BCUT2D eigenvalue weighted by atomic mass is 9.90. The van der Waals surface area contributed by atoms with E-state index in [2.05, 4.69) is 10.3 Å². The molecular formula is C13H22N4O2. The number of nitrogens with zero attached hydrogens (tertiary/aromatic N) is 2. The van der Waals surface area contributed by atoms with Gasteiger partial charge in [-0.3, -0.25) is 4.79 Å². The van der Waals surface area contributed by atoms with Crippen molar-refractivity contribution in [1.82, 2.24) is 9.55 Å². The van der Waals surface area contributed by atoms with E-state index in [1.54, 1.807) is 17.0 Å². The van der Waals surface area contributed by atoms with Gasteiger partial charge < -0.3 is 20.4 Å². The van der Waals surface area contributed by atoms with Crippen molar-refractivity contribution < 1.29 is 4.74 Å². The lowest BCUT2D eigenvalue weighted by Crippen LogP contribution is -2.51. The van der Waals surface area contributed by atoms with Gasteiger partial charge in [0.05, 0.1) is 5.54 Å². The fraction of sp³-hybridized carbons (Fsp3) is 0.692. The SMILES string of the molecule is CCCn1ccnc(NC2(CN)CCOCC2)c1=O. The highest BCUT2D eigenvalue weighted by molar-refractivity contribution is 5.35. The molecule has 0 aromatic carbocycles. The quantitative estimate of drug-likeness (QED) is 0.814. The zero-order valence-corrected chi connectivity index (χ0v) is 11.4. The van der Waals surface area contributed by atoms with Gasteiger partial charge in [-0.05, 0) is 19.3 Å². The summed E-state index contributed by atoms with van der Waals surface area (Å²) in [6.07, 6.45) is 5.89. The van der Waals surface area contributed by atoms with E-state index in [9.17, 15) is 4.79 Å². The molecule has 6 nitrogen and oxygen atoms in total. The summed E-state index contributed by atoms with van der Waals surface area (Å²) in [6, 6.07) is 0. The molecular weight excluding hydrogens is 244 g/mol. The molecule has 1 aliphatic rings. The van der Waals surface area contributed by atoms with Crippen LogP contribution in [0.1, 0.15) is 26.2 Å². The topological polar surface area (TPSA) is 82.2 Å². The Bertz CT molecular complexity index is 466. The minimum atomic E-state index is -0.268. The van der Waals surface area contributed by atoms with Crippen LogP contribution in [0.25, 0.3) is 0 Å². The molecule has 3 N–H and O–H groups in total. The number of hydrogen-bond donors (Lipinski definition) is 2. The average molecular weight is 266 g/mol. The van der Waals surface area contributed by atoms with Crippen molar-refractivity contribution in [2.24, 2.45) is 5.73 Å². The van der Waals surface area contributed by atoms with Crippen LogP contribution in [0.5, 0.6) is 0 Å². The van der Waals surface area contributed by atoms with Crippen LogP contribution < -0.4 is 16.6 Å². The summed E-state index contributed by atoms with van der Waals surface area (Å²) in [5, 5.41) is 3.26. The summed E-state index contributed by atoms with van der Waals surface area (Å²) in [7, 11) is 0. The van der Waals surface area contributed by atoms with Gasteiger partial charge >= 0.3 is 0 Å². The van der Waals surface area contributed by atoms with Gasteiger partial charge in [0.15, 0.2) is 5.82 Å². The molecule has 0 bridgehead atoms. The Morgan fingerprint density at radius 1 is 1.53 bits per heavy atom. The van der Waals surface area contributed by atoms with E-state index in [-0.39, 0.29) is 11.1 Å². The van der Waals surface area contributed by atoms with Crippen molar-refractivity contribution in [1.29, 1.82) is 0 Å². The van der Waals surface area contributed by atoms with E-state index in [0.717, 1.165) is 19.3 Å². The minimum absolute atomic E-state index is 0.0799. The maximum Gasteiger partial charge on any atom is 0.293 e. The summed E-state index contributed by atoms with van der Waals surface area (Å²) >= 11 is 0. The molecule has 19 heavy (non-hydrogen) atoms. The predicted octanol–water partition coefficient (Wildman–Crippen LogP) is 0.573. The van der Waals surface area contributed by atoms with E-state index < -0.39 is 0 Å². The van der Waals surface area contributed by atoms with Crippen LogP contribution in [0, 0.1) is 0 Å². The van der Waals surface area contributed by atoms with Gasteiger partial charge in [0, 0.05) is 38.7 Å². The maximum atomic E-state index is 12.3. The van der Waals surface area contributed by atoms with Gasteiger partial charge in [-0.25, -0.2) is 4.98 Å². The Hall–Kier alpha value is -1.40. The van der Waals surface area contributed by atoms with Crippen LogP contribution in [0.2, 0.25) is 0 Å². The van der Waals surface area contributed by atoms with Crippen LogP contribution in [0.3, 0.4) is 0 Å². The van der Waals surface area contributed by atoms with Gasteiger partial charge in [0.1, 0.15) is 0 Å². The molecule has 1 aromatic heterocycles. The lowest BCUT2D eigenvalue weighted by Gasteiger charge is -2.37. The number of aryl methyl sites for hydroxylation is 1. The monoisotopic (exact) mass is 266 g/mol. The fourth-order valence-corrected chi connectivity index (χ4v) is 2.34. The first-order valence-electron chi connectivity index (χ1n) is 6.82. The predicted molar refractivity (Wildman–Crippen MR) is 74.2 cm³/mol.